The Morgan fingerprint density at radius 1 is 0.696 bits per heavy atom. The summed E-state index contributed by atoms with van der Waals surface area (Å²) in [5, 5.41) is 0. The van der Waals surface area contributed by atoms with Gasteiger partial charge in [0.1, 0.15) is 17.3 Å². The van der Waals surface area contributed by atoms with Crippen LogP contribution in [-0.4, -0.2) is 17.9 Å². The molecule has 0 saturated carbocycles. The molecule has 0 N–H and O–H groups in total. The maximum atomic E-state index is 11.7. The van der Waals surface area contributed by atoms with Gasteiger partial charge in [0.2, 0.25) is 0 Å². The van der Waals surface area contributed by atoms with Gasteiger partial charge in [-0.2, -0.15) is 0 Å². The zero-order valence-corrected chi connectivity index (χ0v) is 11.6. The number of esters is 3. The van der Waals surface area contributed by atoms with E-state index < -0.39 is 17.9 Å². The van der Waals surface area contributed by atoms with Crippen LogP contribution in [-0.2, 0) is 9.47 Å². The summed E-state index contributed by atoms with van der Waals surface area (Å²) in [5.74, 6) is -0.817. The molecule has 2 aromatic carbocycles. The second-order valence-corrected chi connectivity index (χ2v) is 5.01. The highest BCUT2D eigenvalue weighted by Gasteiger charge is 2.30. The SMILES string of the molecule is C=C1OC(=O)c2cc(Oc3ccc4c(c3)C(=O)OC4=O)ccc21. The molecule has 0 unspecified atom stereocenters. The Kier molecular flexibility index (Phi) is 2.62. The lowest BCUT2D eigenvalue weighted by molar-refractivity contribution is 0.0443. The molecule has 0 aliphatic carbocycles. The summed E-state index contributed by atoms with van der Waals surface area (Å²) >= 11 is 0. The minimum Gasteiger partial charge on any atom is -0.457 e. The maximum Gasteiger partial charge on any atom is 0.347 e. The molecular weight excluding hydrogens is 300 g/mol. The van der Waals surface area contributed by atoms with Crippen LogP contribution in [0.3, 0.4) is 0 Å². The quantitative estimate of drug-likeness (QED) is 0.627. The van der Waals surface area contributed by atoms with Crippen LogP contribution in [0, 0.1) is 0 Å². The fraction of sp³-hybridized carbons (Fsp3) is 0. The number of benzene rings is 2. The van der Waals surface area contributed by atoms with Crippen molar-refractivity contribution in [1.82, 2.24) is 0 Å². The van der Waals surface area contributed by atoms with Crippen LogP contribution in [0.15, 0.2) is 43.0 Å². The molecule has 0 aromatic heterocycles. The molecule has 6 nitrogen and oxygen atoms in total. The number of rotatable bonds is 2. The van der Waals surface area contributed by atoms with Crippen molar-refractivity contribution in [3.63, 3.8) is 0 Å². The Labute approximate surface area is 129 Å². The number of carbonyl (C=O) groups excluding carboxylic acids is 3. The molecule has 6 heteroatoms. The number of fused-ring (bicyclic) bond motifs is 2. The van der Waals surface area contributed by atoms with Gasteiger partial charge in [-0.15, -0.1) is 0 Å². The van der Waals surface area contributed by atoms with Crippen molar-refractivity contribution in [3.05, 3.63) is 65.2 Å². The molecule has 0 radical (unpaired) electrons. The average Bonchev–Trinajstić information content (AvgIpc) is 2.96. The molecule has 23 heavy (non-hydrogen) atoms. The Balaban J connectivity index is 1.68. The van der Waals surface area contributed by atoms with Crippen LogP contribution in [0.1, 0.15) is 36.6 Å². The summed E-state index contributed by atoms with van der Waals surface area (Å²) in [6.07, 6.45) is 0. The third-order valence-corrected chi connectivity index (χ3v) is 3.58. The molecule has 0 saturated heterocycles. The molecule has 0 bridgehead atoms. The smallest absolute Gasteiger partial charge is 0.347 e. The predicted octanol–water partition coefficient (Wildman–Crippen LogP) is 2.93. The topological polar surface area (TPSA) is 78.9 Å². The van der Waals surface area contributed by atoms with Crippen molar-refractivity contribution in [2.45, 2.75) is 0 Å². The van der Waals surface area contributed by atoms with Gasteiger partial charge in [-0.1, -0.05) is 6.58 Å². The van der Waals surface area contributed by atoms with E-state index in [1.165, 1.54) is 18.2 Å². The van der Waals surface area contributed by atoms with Crippen LogP contribution in [0.5, 0.6) is 11.5 Å². The van der Waals surface area contributed by atoms with E-state index >= 15 is 0 Å². The van der Waals surface area contributed by atoms with Crippen molar-refractivity contribution < 1.29 is 28.6 Å². The first-order valence-corrected chi connectivity index (χ1v) is 6.67. The third-order valence-electron chi connectivity index (χ3n) is 3.58. The Bertz CT molecular complexity index is 849. The van der Waals surface area contributed by atoms with Gasteiger partial charge in [-0.05, 0) is 36.4 Å². The van der Waals surface area contributed by atoms with E-state index in [0.29, 0.717) is 28.4 Å². The summed E-state index contributed by atoms with van der Waals surface area (Å²) < 4.78 is 15.1. The number of cyclic esters (lactones) is 3. The molecule has 0 amide bonds. The molecule has 2 aliphatic rings. The van der Waals surface area contributed by atoms with E-state index in [-0.39, 0.29) is 11.1 Å². The van der Waals surface area contributed by atoms with E-state index in [2.05, 4.69) is 11.3 Å². The van der Waals surface area contributed by atoms with E-state index in [1.807, 2.05) is 0 Å². The zero-order valence-electron chi connectivity index (χ0n) is 11.6. The molecule has 0 fully saturated rings. The Morgan fingerprint density at radius 3 is 1.91 bits per heavy atom. The molecule has 112 valence electrons. The summed E-state index contributed by atoms with van der Waals surface area (Å²) in [6.45, 7) is 3.65. The van der Waals surface area contributed by atoms with Crippen LogP contribution in [0.25, 0.3) is 5.76 Å². The number of hydrogen-bond acceptors (Lipinski definition) is 6. The Hall–Kier alpha value is -3.41. The first kappa shape index (κ1) is 13.3. The number of ether oxygens (including phenoxy) is 3. The summed E-state index contributed by atoms with van der Waals surface area (Å²) in [5.41, 5.74) is 1.34. The van der Waals surface area contributed by atoms with Gasteiger partial charge in [-0.25, -0.2) is 14.4 Å². The predicted molar refractivity (Wildman–Crippen MR) is 77.2 cm³/mol. The largest absolute Gasteiger partial charge is 0.457 e. The van der Waals surface area contributed by atoms with E-state index in [4.69, 9.17) is 9.47 Å². The van der Waals surface area contributed by atoms with Crippen molar-refractivity contribution in [2.24, 2.45) is 0 Å². The normalized spacial score (nSPS) is 15.1. The summed E-state index contributed by atoms with van der Waals surface area (Å²) in [4.78, 5) is 34.6. The highest BCUT2D eigenvalue weighted by atomic mass is 16.6. The third kappa shape index (κ3) is 2.00. The minimum absolute atomic E-state index is 0.154. The van der Waals surface area contributed by atoms with Gasteiger partial charge in [0.25, 0.3) is 0 Å². The molecule has 4 rings (SSSR count). The second kappa shape index (κ2) is 4.54. The molecule has 0 atom stereocenters. The maximum absolute atomic E-state index is 11.7. The lowest BCUT2D eigenvalue weighted by Crippen LogP contribution is -1.97. The zero-order chi connectivity index (χ0) is 16.1. The van der Waals surface area contributed by atoms with Crippen LogP contribution in [0.2, 0.25) is 0 Å². The van der Waals surface area contributed by atoms with Gasteiger partial charge >= 0.3 is 17.9 Å². The van der Waals surface area contributed by atoms with Gasteiger partial charge in [-0.3, -0.25) is 0 Å². The van der Waals surface area contributed by atoms with Gasteiger partial charge in [0, 0.05) is 5.56 Å². The van der Waals surface area contributed by atoms with E-state index in [1.54, 1.807) is 18.2 Å². The van der Waals surface area contributed by atoms with Gasteiger partial charge < -0.3 is 14.2 Å². The Morgan fingerprint density at radius 2 is 1.22 bits per heavy atom. The first-order valence-electron chi connectivity index (χ1n) is 6.67. The van der Waals surface area contributed by atoms with Crippen LogP contribution >= 0.6 is 0 Å². The minimum atomic E-state index is -0.704. The lowest BCUT2D eigenvalue weighted by Gasteiger charge is -2.07. The van der Waals surface area contributed by atoms with Crippen LogP contribution < -0.4 is 4.74 Å². The van der Waals surface area contributed by atoms with Gasteiger partial charge in [0.05, 0.1) is 16.7 Å². The number of hydrogen-bond donors (Lipinski definition) is 0. The molecule has 0 spiro atoms. The summed E-state index contributed by atoms with van der Waals surface area (Å²) in [6, 6.07) is 9.29. The number of carbonyl (C=O) groups is 3. The first-order chi connectivity index (χ1) is 11.0. The van der Waals surface area contributed by atoms with Gasteiger partial charge in [0.15, 0.2) is 0 Å². The second-order valence-electron chi connectivity index (χ2n) is 5.01. The van der Waals surface area contributed by atoms with Crippen molar-refractivity contribution in [2.75, 3.05) is 0 Å². The van der Waals surface area contributed by atoms with Crippen molar-refractivity contribution in [3.8, 4) is 11.5 Å². The molecule has 2 aliphatic heterocycles. The highest BCUT2D eigenvalue weighted by Crippen LogP contribution is 2.33. The standard InChI is InChI=1S/C17H8O6/c1-8-11-4-2-9(6-13(11)16(19)21-8)22-10-3-5-12-14(7-10)17(20)23-15(12)18/h2-7H,1H2. The summed E-state index contributed by atoms with van der Waals surface area (Å²) in [7, 11) is 0. The average molecular weight is 308 g/mol. The fourth-order valence-corrected chi connectivity index (χ4v) is 2.48. The van der Waals surface area contributed by atoms with E-state index in [0.717, 1.165) is 0 Å². The van der Waals surface area contributed by atoms with E-state index in [9.17, 15) is 14.4 Å². The van der Waals surface area contributed by atoms with Crippen molar-refractivity contribution >= 4 is 23.7 Å². The molecule has 2 heterocycles. The monoisotopic (exact) mass is 308 g/mol. The lowest BCUT2D eigenvalue weighted by atomic mass is 10.1. The molecular formula is C17H8O6. The van der Waals surface area contributed by atoms with Crippen molar-refractivity contribution in [1.29, 1.82) is 0 Å². The van der Waals surface area contributed by atoms with Crippen LogP contribution in [0.4, 0.5) is 0 Å². The highest BCUT2D eigenvalue weighted by molar-refractivity contribution is 6.14. The fourth-order valence-electron chi connectivity index (χ4n) is 2.48. The molecule has 2 aromatic rings.